The van der Waals surface area contributed by atoms with Gasteiger partial charge < -0.3 is 5.73 Å². The van der Waals surface area contributed by atoms with Crippen molar-refractivity contribution in [3.63, 3.8) is 0 Å². The van der Waals surface area contributed by atoms with Crippen LogP contribution in [-0.4, -0.2) is 20.2 Å². The molecular weight excluding hydrogens is 307 g/mol. The summed E-state index contributed by atoms with van der Waals surface area (Å²) in [7, 11) is 0. The normalized spacial score (nSPS) is 11.1. The lowest BCUT2D eigenvalue weighted by Gasteiger charge is -2.09. The maximum absolute atomic E-state index is 14.0. The molecule has 23 heavy (non-hydrogen) atoms. The highest BCUT2D eigenvalue weighted by molar-refractivity contribution is 5.93. The third-order valence-electron chi connectivity index (χ3n) is 3.48. The molecule has 2 aromatic heterocycles. The molecule has 3 aromatic rings. The molecule has 0 radical (unpaired) electrons. The first kappa shape index (κ1) is 15.0. The minimum absolute atomic E-state index is 0.0254. The standard InChI is InChI=1S/C15H12F3N5/c1-7-2-10(17)8(3-9(7)16)4-11-15-21-5-13(18)23(15)6-12(22-11)14(19)20/h2-3,5-6H,4H2,1H3,(H3,19,20). The second-order valence-corrected chi connectivity index (χ2v) is 5.13. The Morgan fingerprint density at radius 2 is 2.00 bits per heavy atom. The summed E-state index contributed by atoms with van der Waals surface area (Å²) < 4.78 is 42.5. The van der Waals surface area contributed by atoms with E-state index in [2.05, 4.69) is 9.97 Å². The molecule has 0 atom stereocenters. The van der Waals surface area contributed by atoms with Crippen LogP contribution < -0.4 is 5.73 Å². The first-order valence-corrected chi connectivity index (χ1v) is 6.68. The lowest BCUT2D eigenvalue weighted by atomic mass is 10.1. The Labute approximate surface area is 129 Å². The number of aryl methyl sites for hydroxylation is 1. The fourth-order valence-electron chi connectivity index (χ4n) is 2.27. The van der Waals surface area contributed by atoms with Crippen molar-refractivity contribution < 1.29 is 13.2 Å². The van der Waals surface area contributed by atoms with Gasteiger partial charge in [-0.15, -0.1) is 0 Å². The molecule has 0 aliphatic heterocycles. The van der Waals surface area contributed by atoms with Gasteiger partial charge in [-0.1, -0.05) is 0 Å². The largest absolute Gasteiger partial charge is 0.382 e. The summed E-state index contributed by atoms with van der Waals surface area (Å²) in [6.07, 6.45) is 2.11. The summed E-state index contributed by atoms with van der Waals surface area (Å²) in [6.45, 7) is 1.46. The van der Waals surface area contributed by atoms with Gasteiger partial charge in [-0.25, -0.2) is 18.7 Å². The van der Waals surface area contributed by atoms with Crippen molar-refractivity contribution in [2.45, 2.75) is 13.3 Å². The number of fused-ring (bicyclic) bond motifs is 1. The van der Waals surface area contributed by atoms with Gasteiger partial charge >= 0.3 is 0 Å². The van der Waals surface area contributed by atoms with Crippen molar-refractivity contribution in [3.05, 3.63) is 64.6 Å². The van der Waals surface area contributed by atoms with Gasteiger partial charge in [-0.05, 0) is 30.2 Å². The van der Waals surface area contributed by atoms with E-state index in [0.717, 1.165) is 22.7 Å². The Bertz CT molecular complexity index is 932. The molecule has 0 saturated heterocycles. The quantitative estimate of drug-likeness (QED) is 0.574. The molecule has 0 unspecified atom stereocenters. The zero-order valence-corrected chi connectivity index (χ0v) is 12.1. The van der Waals surface area contributed by atoms with E-state index in [1.54, 1.807) is 0 Å². The number of nitrogens with zero attached hydrogens (tertiary/aromatic N) is 3. The van der Waals surface area contributed by atoms with Crippen LogP contribution in [0.15, 0.2) is 24.5 Å². The number of hydrogen-bond acceptors (Lipinski definition) is 3. The number of halogens is 3. The van der Waals surface area contributed by atoms with Crippen LogP contribution in [0.25, 0.3) is 5.65 Å². The Balaban J connectivity index is 2.16. The molecule has 0 bridgehead atoms. The maximum Gasteiger partial charge on any atom is 0.218 e. The zero-order valence-electron chi connectivity index (χ0n) is 12.1. The average molecular weight is 319 g/mol. The van der Waals surface area contributed by atoms with E-state index in [1.165, 1.54) is 13.1 Å². The van der Waals surface area contributed by atoms with Gasteiger partial charge in [0.2, 0.25) is 5.95 Å². The maximum atomic E-state index is 14.0. The Morgan fingerprint density at radius 3 is 2.70 bits per heavy atom. The second-order valence-electron chi connectivity index (χ2n) is 5.13. The highest BCUT2D eigenvalue weighted by Crippen LogP contribution is 2.20. The van der Waals surface area contributed by atoms with Crippen LogP contribution in [-0.2, 0) is 6.42 Å². The van der Waals surface area contributed by atoms with Crippen LogP contribution in [0.2, 0.25) is 0 Å². The highest BCUT2D eigenvalue weighted by atomic mass is 19.1. The molecule has 0 aliphatic rings. The van der Waals surface area contributed by atoms with Crippen molar-refractivity contribution in [2.75, 3.05) is 0 Å². The van der Waals surface area contributed by atoms with E-state index >= 15 is 0 Å². The number of nitrogens with one attached hydrogen (secondary N) is 1. The lowest BCUT2D eigenvalue weighted by molar-refractivity contribution is 0.570. The van der Waals surface area contributed by atoms with Crippen molar-refractivity contribution in [1.29, 1.82) is 5.41 Å². The number of hydrogen-bond donors (Lipinski definition) is 2. The summed E-state index contributed by atoms with van der Waals surface area (Å²) in [4.78, 5) is 8.00. The predicted molar refractivity (Wildman–Crippen MR) is 77.9 cm³/mol. The minimum Gasteiger partial charge on any atom is -0.382 e. The number of nitrogen functional groups attached to an aromatic ring is 1. The van der Waals surface area contributed by atoms with Gasteiger partial charge in [0.05, 0.1) is 11.9 Å². The Hall–Kier alpha value is -2.90. The number of amidine groups is 1. The van der Waals surface area contributed by atoms with Crippen LogP contribution in [0.4, 0.5) is 13.2 Å². The summed E-state index contributed by atoms with van der Waals surface area (Å²) in [6, 6.07) is 2.16. The summed E-state index contributed by atoms with van der Waals surface area (Å²) in [5, 5.41) is 7.44. The van der Waals surface area contributed by atoms with Crippen LogP contribution in [0.5, 0.6) is 0 Å². The molecule has 3 rings (SSSR count). The summed E-state index contributed by atoms with van der Waals surface area (Å²) in [5.74, 6) is -2.17. The van der Waals surface area contributed by atoms with Crippen molar-refractivity contribution in [1.82, 2.24) is 14.4 Å². The predicted octanol–water partition coefficient (Wildman–Crippen LogP) is 2.33. The number of aromatic nitrogens is 3. The molecule has 118 valence electrons. The second kappa shape index (κ2) is 5.38. The van der Waals surface area contributed by atoms with E-state index in [-0.39, 0.29) is 40.4 Å². The van der Waals surface area contributed by atoms with E-state index in [4.69, 9.17) is 11.1 Å². The number of benzene rings is 1. The first-order chi connectivity index (χ1) is 10.9. The molecule has 0 amide bonds. The molecule has 3 N–H and O–H groups in total. The van der Waals surface area contributed by atoms with Gasteiger partial charge in [0.1, 0.15) is 23.2 Å². The van der Waals surface area contributed by atoms with Gasteiger partial charge in [-0.2, -0.15) is 4.39 Å². The van der Waals surface area contributed by atoms with Crippen LogP contribution >= 0.6 is 0 Å². The van der Waals surface area contributed by atoms with Gasteiger partial charge in [-0.3, -0.25) is 9.81 Å². The molecule has 0 spiro atoms. The van der Waals surface area contributed by atoms with Crippen LogP contribution in [0, 0.1) is 29.9 Å². The minimum atomic E-state index is -0.665. The fourth-order valence-corrected chi connectivity index (χ4v) is 2.27. The zero-order chi connectivity index (χ0) is 16.7. The monoisotopic (exact) mass is 319 g/mol. The lowest BCUT2D eigenvalue weighted by Crippen LogP contribution is -2.16. The van der Waals surface area contributed by atoms with Crippen molar-refractivity contribution in [3.8, 4) is 0 Å². The first-order valence-electron chi connectivity index (χ1n) is 6.68. The topological polar surface area (TPSA) is 80.1 Å². The highest BCUT2D eigenvalue weighted by Gasteiger charge is 2.16. The Kier molecular flexibility index (Phi) is 3.51. The van der Waals surface area contributed by atoms with E-state index in [0.29, 0.717) is 0 Å². The average Bonchev–Trinajstić information content (AvgIpc) is 2.86. The molecule has 0 fully saturated rings. The fraction of sp³-hybridized carbons (Fsp3) is 0.133. The molecule has 0 saturated carbocycles. The van der Waals surface area contributed by atoms with Gasteiger partial charge in [0, 0.05) is 12.6 Å². The summed E-state index contributed by atoms with van der Waals surface area (Å²) in [5.41, 5.74) is 6.02. The van der Waals surface area contributed by atoms with E-state index in [1.807, 2.05) is 0 Å². The molecule has 8 heteroatoms. The molecule has 2 heterocycles. The smallest absolute Gasteiger partial charge is 0.218 e. The van der Waals surface area contributed by atoms with Gasteiger partial charge in [0.15, 0.2) is 5.65 Å². The molecule has 1 aromatic carbocycles. The third kappa shape index (κ3) is 2.63. The number of nitrogens with two attached hydrogens (primary N) is 1. The summed E-state index contributed by atoms with van der Waals surface area (Å²) >= 11 is 0. The van der Waals surface area contributed by atoms with E-state index in [9.17, 15) is 13.2 Å². The SMILES string of the molecule is Cc1cc(F)c(Cc2nc(C(=N)N)cn3c(F)cnc23)cc1F. The van der Waals surface area contributed by atoms with Crippen LogP contribution in [0.3, 0.4) is 0 Å². The Morgan fingerprint density at radius 1 is 1.26 bits per heavy atom. The van der Waals surface area contributed by atoms with Crippen molar-refractivity contribution >= 4 is 11.5 Å². The van der Waals surface area contributed by atoms with Gasteiger partial charge in [0.25, 0.3) is 0 Å². The van der Waals surface area contributed by atoms with E-state index < -0.39 is 17.6 Å². The molecule has 5 nitrogen and oxygen atoms in total. The number of imidazole rings is 1. The molecule has 0 aliphatic carbocycles. The third-order valence-corrected chi connectivity index (χ3v) is 3.48. The molecular formula is C15H12F3N5. The van der Waals surface area contributed by atoms with Crippen molar-refractivity contribution in [2.24, 2.45) is 5.73 Å². The van der Waals surface area contributed by atoms with Crippen LogP contribution in [0.1, 0.15) is 22.5 Å². The number of rotatable bonds is 3.